The van der Waals surface area contributed by atoms with Gasteiger partial charge in [-0.05, 0) is 0 Å². The zero-order valence-electron chi connectivity index (χ0n) is 7.22. The van der Waals surface area contributed by atoms with E-state index in [1.165, 1.54) is 4.57 Å². The molecule has 2 heterocycles. The van der Waals surface area contributed by atoms with Crippen LogP contribution in [0.5, 0.6) is 0 Å². The molecule has 1 amide bonds. The molecule has 2 rings (SSSR count). The maximum atomic E-state index is 11.7. The molecule has 0 N–H and O–H groups in total. The summed E-state index contributed by atoms with van der Waals surface area (Å²) in [6.45, 7) is 1.70. The van der Waals surface area contributed by atoms with E-state index in [9.17, 15) is 4.79 Å². The van der Waals surface area contributed by atoms with E-state index in [-0.39, 0.29) is 6.03 Å². The highest BCUT2D eigenvalue weighted by Gasteiger charge is 2.17. The van der Waals surface area contributed by atoms with Gasteiger partial charge >= 0.3 is 6.03 Å². The topological polar surface area (TPSA) is 38.1 Å². The zero-order valence-corrected chi connectivity index (χ0v) is 8.04. The first-order chi connectivity index (χ1) is 6.38. The first-order valence-corrected chi connectivity index (χ1v) is 5.38. The molecule has 0 unspecified atom stereocenters. The van der Waals surface area contributed by atoms with Crippen LogP contribution in [0.2, 0.25) is 0 Å². The third-order valence-corrected chi connectivity index (χ3v) is 2.95. The first-order valence-electron chi connectivity index (χ1n) is 4.23. The van der Waals surface area contributed by atoms with E-state index < -0.39 is 0 Å². The van der Waals surface area contributed by atoms with Crippen LogP contribution in [0.25, 0.3) is 0 Å². The third kappa shape index (κ3) is 1.85. The predicted molar refractivity (Wildman–Crippen MR) is 51.9 cm³/mol. The van der Waals surface area contributed by atoms with Gasteiger partial charge in [-0.1, -0.05) is 0 Å². The minimum absolute atomic E-state index is 0.0396. The van der Waals surface area contributed by atoms with Gasteiger partial charge in [-0.3, -0.25) is 4.57 Å². The molecule has 13 heavy (non-hydrogen) atoms. The monoisotopic (exact) mass is 197 g/mol. The summed E-state index contributed by atoms with van der Waals surface area (Å²) in [5, 5.41) is 0. The highest BCUT2D eigenvalue weighted by Crippen LogP contribution is 2.10. The van der Waals surface area contributed by atoms with E-state index in [1.54, 1.807) is 18.7 Å². The molecule has 0 aromatic carbocycles. The first kappa shape index (κ1) is 8.62. The van der Waals surface area contributed by atoms with Crippen molar-refractivity contribution in [3.05, 3.63) is 18.7 Å². The fourth-order valence-electron chi connectivity index (χ4n) is 1.29. The Morgan fingerprint density at radius 3 is 2.77 bits per heavy atom. The van der Waals surface area contributed by atoms with Crippen molar-refractivity contribution in [3.8, 4) is 0 Å². The fraction of sp³-hybridized carbons (Fsp3) is 0.500. The molecule has 1 fully saturated rings. The van der Waals surface area contributed by atoms with Crippen molar-refractivity contribution < 1.29 is 4.79 Å². The Balaban J connectivity index is 2.04. The van der Waals surface area contributed by atoms with Crippen molar-refractivity contribution in [1.29, 1.82) is 0 Å². The maximum absolute atomic E-state index is 11.7. The summed E-state index contributed by atoms with van der Waals surface area (Å²) in [5.74, 6) is 2.08. The number of carbonyl (C=O) groups is 1. The van der Waals surface area contributed by atoms with Gasteiger partial charge < -0.3 is 4.90 Å². The fourth-order valence-corrected chi connectivity index (χ4v) is 2.19. The highest BCUT2D eigenvalue weighted by atomic mass is 32.2. The van der Waals surface area contributed by atoms with Crippen LogP contribution in [0.1, 0.15) is 0 Å². The second-order valence-corrected chi connectivity index (χ2v) is 4.08. The minimum Gasteiger partial charge on any atom is -0.322 e. The molecule has 70 valence electrons. The number of imidazole rings is 1. The highest BCUT2D eigenvalue weighted by molar-refractivity contribution is 7.99. The third-order valence-electron chi connectivity index (χ3n) is 2.01. The van der Waals surface area contributed by atoms with Gasteiger partial charge in [0.15, 0.2) is 0 Å². The summed E-state index contributed by atoms with van der Waals surface area (Å²) in [4.78, 5) is 17.4. The summed E-state index contributed by atoms with van der Waals surface area (Å²) >= 11 is 1.89. The SMILES string of the molecule is O=C(N1CCSCC1)n1ccnc1. The largest absolute Gasteiger partial charge is 0.329 e. The molecule has 1 aromatic heterocycles. The second-order valence-electron chi connectivity index (χ2n) is 2.85. The summed E-state index contributed by atoms with van der Waals surface area (Å²) in [7, 11) is 0. The Morgan fingerprint density at radius 1 is 1.38 bits per heavy atom. The average molecular weight is 197 g/mol. The number of aromatic nitrogens is 2. The molecular weight excluding hydrogens is 186 g/mol. The molecule has 1 saturated heterocycles. The molecule has 0 atom stereocenters. The van der Waals surface area contributed by atoms with Crippen LogP contribution in [0.3, 0.4) is 0 Å². The van der Waals surface area contributed by atoms with E-state index in [1.807, 2.05) is 16.7 Å². The summed E-state index contributed by atoms with van der Waals surface area (Å²) in [6, 6.07) is 0.0396. The molecule has 0 aliphatic carbocycles. The van der Waals surface area contributed by atoms with Crippen molar-refractivity contribution >= 4 is 17.8 Å². The van der Waals surface area contributed by atoms with Crippen LogP contribution in [0, 0.1) is 0 Å². The number of nitrogens with zero attached hydrogens (tertiary/aromatic N) is 3. The molecule has 5 heteroatoms. The molecule has 0 radical (unpaired) electrons. The molecule has 0 spiro atoms. The Morgan fingerprint density at radius 2 is 2.15 bits per heavy atom. The quantitative estimate of drug-likeness (QED) is 0.620. The van der Waals surface area contributed by atoms with Crippen molar-refractivity contribution in [2.75, 3.05) is 24.6 Å². The number of amides is 1. The number of hydrogen-bond donors (Lipinski definition) is 0. The van der Waals surface area contributed by atoms with Gasteiger partial charge in [0, 0.05) is 37.0 Å². The van der Waals surface area contributed by atoms with Gasteiger partial charge in [-0.25, -0.2) is 9.78 Å². The van der Waals surface area contributed by atoms with Gasteiger partial charge in [-0.15, -0.1) is 0 Å². The van der Waals surface area contributed by atoms with Gasteiger partial charge in [-0.2, -0.15) is 11.8 Å². The van der Waals surface area contributed by atoms with Gasteiger partial charge in [0.05, 0.1) is 0 Å². The van der Waals surface area contributed by atoms with Crippen LogP contribution >= 0.6 is 11.8 Å². The lowest BCUT2D eigenvalue weighted by molar-refractivity contribution is 0.204. The lowest BCUT2D eigenvalue weighted by Crippen LogP contribution is -2.40. The van der Waals surface area contributed by atoms with Crippen LogP contribution in [0.4, 0.5) is 4.79 Å². The summed E-state index contributed by atoms with van der Waals surface area (Å²) in [5.41, 5.74) is 0. The molecule has 0 bridgehead atoms. The average Bonchev–Trinajstić information content (AvgIpc) is 2.71. The number of hydrogen-bond acceptors (Lipinski definition) is 3. The normalized spacial score (nSPS) is 17.4. The standard InChI is InChI=1S/C8H11N3OS/c12-8(11-2-1-9-7-11)10-3-5-13-6-4-10/h1-2,7H,3-6H2. The molecule has 1 aliphatic heterocycles. The number of thioether (sulfide) groups is 1. The van der Waals surface area contributed by atoms with Gasteiger partial charge in [0.2, 0.25) is 0 Å². The van der Waals surface area contributed by atoms with E-state index in [0.29, 0.717) is 0 Å². The number of carbonyl (C=O) groups excluding carboxylic acids is 1. The Kier molecular flexibility index (Phi) is 2.54. The summed E-state index contributed by atoms with van der Waals surface area (Å²) in [6.07, 6.45) is 4.85. The van der Waals surface area contributed by atoms with Crippen molar-refractivity contribution in [3.63, 3.8) is 0 Å². The molecule has 1 aliphatic rings. The Labute approximate surface area is 80.9 Å². The lowest BCUT2D eigenvalue weighted by atomic mass is 10.5. The van der Waals surface area contributed by atoms with Crippen LogP contribution in [0.15, 0.2) is 18.7 Å². The van der Waals surface area contributed by atoms with Crippen molar-refractivity contribution in [2.45, 2.75) is 0 Å². The van der Waals surface area contributed by atoms with E-state index in [2.05, 4.69) is 4.98 Å². The van der Waals surface area contributed by atoms with E-state index >= 15 is 0 Å². The van der Waals surface area contributed by atoms with Crippen LogP contribution in [-0.2, 0) is 0 Å². The molecular formula is C8H11N3OS. The Bertz CT molecular complexity index is 280. The number of rotatable bonds is 0. The van der Waals surface area contributed by atoms with Crippen LogP contribution < -0.4 is 0 Å². The maximum Gasteiger partial charge on any atom is 0.329 e. The molecule has 1 aromatic rings. The van der Waals surface area contributed by atoms with E-state index in [4.69, 9.17) is 0 Å². The second kappa shape index (κ2) is 3.83. The van der Waals surface area contributed by atoms with Gasteiger partial charge in [0.1, 0.15) is 6.33 Å². The molecule has 4 nitrogen and oxygen atoms in total. The lowest BCUT2D eigenvalue weighted by Gasteiger charge is -2.26. The minimum atomic E-state index is 0.0396. The Hall–Kier alpha value is -0.970. The van der Waals surface area contributed by atoms with Crippen molar-refractivity contribution in [1.82, 2.24) is 14.5 Å². The van der Waals surface area contributed by atoms with Gasteiger partial charge in [0.25, 0.3) is 0 Å². The zero-order chi connectivity index (χ0) is 9.10. The molecule has 0 saturated carbocycles. The predicted octanol–water partition coefficient (Wildman–Crippen LogP) is 0.900. The van der Waals surface area contributed by atoms with Crippen molar-refractivity contribution in [2.24, 2.45) is 0 Å². The van der Waals surface area contributed by atoms with E-state index in [0.717, 1.165) is 24.6 Å². The van der Waals surface area contributed by atoms with Crippen LogP contribution in [-0.4, -0.2) is 45.1 Å². The summed E-state index contributed by atoms with van der Waals surface area (Å²) < 4.78 is 1.52. The smallest absolute Gasteiger partial charge is 0.322 e.